The molecule has 1 saturated heterocycles. The fourth-order valence-corrected chi connectivity index (χ4v) is 3.45. The summed E-state index contributed by atoms with van der Waals surface area (Å²) in [5.74, 6) is 0.567. The maximum atomic E-state index is 13.1. The van der Waals surface area contributed by atoms with Gasteiger partial charge < -0.3 is 24.4 Å². The van der Waals surface area contributed by atoms with Crippen LogP contribution in [0.25, 0.3) is 6.08 Å². The Morgan fingerprint density at radius 1 is 1.17 bits per heavy atom. The summed E-state index contributed by atoms with van der Waals surface area (Å²) in [6.45, 7) is 4.16. The molecule has 0 bridgehead atoms. The van der Waals surface area contributed by atoms with Gasteiger partial charge in [0.15, 0.2) is 11.5 Å². The van der Waals surface area contributed by atoms with Gasteiger partial charge in [-0.1, -0.05) is 12.1 Å². The van der Waals surface area contributed by atoms with E-state index < -0.39 is 6.29 Å². The number of halogens is 2. The van der Waals surface area contributed by atoms with Gasteiger partial charge in [0.2, 0.25) is 5.91 Å². The van der Waals surface area contributed by atoms with Crippen LogP contribution in [0.1, 0.15) is 16.8 Å². The van der Waals surface area contributed by atoms with Crippen LogP contribution in [0.3, 0.4) is 0 Å². The number of carbonyl (C=O) groups excluding carboxylic acids is 1. The van der Waals surface area contributed by atoms with Crippen molar-refractivity contribution in [2.24, 2.45) is 0 Å². The number of hydrogen-bond donors (Lipinski definition) is 1. The summed E-state index contributed by atoms with van der Waals surface area (Å²) in [7, 11) is 0. The lowest BCUT2D eigenvalue weighted by Gasteiger charge is -2.35. The number of piperazine rings is 1. The number of nitrogens with zero attached hydrogens (tertiary/aromatic N) is 3. The van der Waals surface area contributed by atoms with E-state index in [9.17, 15) is 18.7 Å². The molecule has 30 heavy (non-hydrogen) atoms. The number of alkyl halides is 2. The first-order valence-corrected chi connectivity index (χ1v) is 9.54. The van der Waals surface area contributed by atoms with E-state index in [0.717, 1.165) is 11.4 Å². The first-order valence-electron chi connectivity index (χ1n) is 9.54. The molecule has 2 aromatic rings. The van der Waals surface area contributed by atoms with Crippen molar-refractivity contribution in [2.45, 2.75) is 19.8 Å². The number of aryl methyl sites for hydroxylation is 1. The Balaban J connectivity index is 1.36. The summed E-state index contributed by atoms with van der Waals surface area (Å²) in [5.41, 5.74) is 2.18. The molecule has 0 atom stereocenters. The van der Waals surface area contributed by atoms with Gasteiger partial charge in [0.25, 0.3) is 0 Å². The van der Waals surface area contributed by atoms with E-state index in [2.05, 4.69) is 19.4 Å². The summed E-state index contributed by atoms with van der Waals surface area (Å²) in [6, 6.07) is 8.08. The predicted octanol–water partition coefficient (Wildman–Crippen LogP) is 2.57. The number of aliphatic hydroxyl groups is 1. The number of aromatic nitrogens is 1. The van der Waals surface area contributed by atoms with Crippen LogP contribution in [0.4, 0.5) is 14.6 Å². The van der Waals surface area contributed by atoms with E-state index >= 15 is 0 Å². The van der Waals surface area contributed by atoms with Gasteiger partial charge in [-0.15, -0.1) is 8.78 Å². The number of pyridine rings is 1. The number of fused-ring (bicyclic) bond motifs is 1. The third-order valence-electron chi connectivity index (χ3n) is 5.02. The number of anilines is 1. The Labute approximate surface area is 172 Å². The van der Waals surface area contributed by atoms with Gasteiger partial charge in [0, 0.05) is 32.3 Å². The molecule has 1 N–H and O–H groups in total. The Kier molecular flexibility index (Phi) is 5.29. The highest BCUT2D eigenvalue weighted by Gasteiger charge is 2.43. The lowest BCUT2D eigenvalue weighted by Crippen LogP contribution is -2.48. The van der Waals surface area contributed by atoms with Crippen molar-refractivity contribution >= 4 is 17.8 Å². The summed E-state index contributed by atoms with van der Waals surface area (Å²) in [4.78, 5) is 20.8. The molecule has 4 rings (SSSR count). The predicted molar refractivity (Wildman–Crippen MR) is 105 cm³/mol. The second-order valence-electron chi connectivity index (χ2n) is 7.12. The molecule has 158 valence electrons. The quantitative estimate of drug-likeness (QED) is 0.771. The maximum absolute atomic E-state index is 13.1. The van der Waals surface area contributed by atoms with Gasteiger partial charge in [0.05, 0.1) is 12.3 Å². The Morgan fingerprint density at radius 3 is 2.63 bits per heavy atom. The van der Waals surface area contributed by atoms with Gasteiger partial charge >= 0.3 is 6.29 Å². The average molecular weight is 417 g/mol. The Bertz CT molecular complexity index is 988. The normalized spacial score (nSPS) is 17.6. The van der Waals surface area contributed by atoms with Crippen LogP contribution in [-0.2, 0) is 11.4 Å². The molecular weight excluding hydrogens is 396 g/mol. The topological polar surface area (TPSA) is 75.1 Å². The second kappa shape index (κ2) is 7.91. The van der Waals surface area contributed by atoms with E-state index in [1.165, 1.54) is 18.2 Å². The van der Waals surface area contributed by atoms with E-state index in [0.29, 0.717) is 37.4 Å². The van der Waals surface area contributed by atoms with Crippen LogP contribution in [0.2, 0.25) is 0 Å². The van der Waals surface area contributed by atoms with Crippen LogP contribution < -0.4 is 14.4 Å². The number of ether oxygens (including phenoxy) is 2. The van der Waals surface area contributed by atoms with E-state index in [1.54, 1.807) is 23.1 Å². The fraction of sp³-hybridized carbons (Fsp3) is 0.333. The minimum atomic E-state index is -3.66. The van der Waals surface area contributed by atoms with Gasteiger partial charge in [0.1, 0.15) is 5.82 Å². The van der Waals surface area contributed by atoms with Crippen molar-refractivity contribution in [3.63, 3.8) is 0 Å². The minimum absolute atomic E-state index is 0.0335. The summed E-state index contributed by atoms with van der Waals surface area (Å²) in [5, 5.41) is 9.30. The average Bonchev–Trinajstić information content (AvgIpc) is 3.05. The van der Waals surface area contributed by atoms with Crippen LogP contribution in [0.15, 0.2) is 36.4 Å². The van der Waals surface area contributed by atoms with Crippen molar-refractivity contribution < 1.29 is 28.2 Å². The molecule has 0 aliphatic carbocycles. The molecule has 0 spiro atoms. The molecule has 9 heteroatoms. The highest BCUT2D eigenvalue weighted by molar-refractivity contribution is 5.92. The van der Waals surface area contributed by atoms with Gasteiger partial charge in [-0.05, 0) is 42.3 Å². The molecule has 1 aromatic heterocycles. The molecule has 3 heterocycles. The highest BCUT2D eigenvalue weighted by Crippen LogP contribution is 2.41. The Morgan fingerprint density at radius 2 is 1.90 bits per heavy atom. The number of amides is 1. The molecule has 0 saturated carbocycles. The zero-order chi connectivity index (χ0) is 21.3. The van der Waals surface area contributed by atoms with Gasteiger partial charge in [-0.25, -0.2) is 4.98 Å². The zero-order valence-corrected chi connectivity index (χ0v) is 16.3. The molecule has 0 radical (unpaired) electrons. The minimum Gasteiger partial charge on any atom is -0.395 e. The number of rotatable bonds is 4. The monoisotopic (exact) mass is 417 g/mol. The largest absolute Gasteiger partial charge is 0.586 e. The number of aliphatic hydroxyl groups excluding tert-OH is 1. The van der Waals surface area contributed by atoms with Gasteiger partial charge in [-0.3, -0.25) is 4.79 Å². The lowest BCUT2D eigenvalue weighted by atomic mass is 10.2. The second-order valence-corrected chi connectivity index (χ2v) is 7.12. The molecule has 0 unspecified atom stereocenters. The molecule has 1 amide bonds. The third-order valence-corrected chi connectivity index (χ3v) is 5.02. The Hall–Kier alpha value is -3.20. The molecule has 2 aliphatic rings. The molecule has 7 nitrogen and oxygen atoms in total. The maximum Gasteiger partial charge on any atom is 0.586 e. The van der Waals surface area contributed by atoms with E-state index in [4.69, 9.17) is 0 Å². The zero-order valence-electron chi connectivity index (χ0n) is 16.3. The number of hydrogen-bond acceptors (Lipinski definition) is 6. The number of benzene rings is 1. The van der Waals surface area contributed by atoms with Crippen LogP contribution in [-0.4, -0.2) is 53.4 Å². The number of carbonyl (C=O) groups is 1. The third kappa shape index (κ3) is 4.20. The standard InChI is InChI=1S/C21H21F2N3O4/c1-14-2-5-16(13-27)24-20(14)26-10-8-25(9-11-26)19(28)7-4-15-3-6-17-18(12-15)30-21(22,23)29-17/h2-7,12,27H,8-11,13H2,1H3/b7-4+. The van der Waals surface area contributed by atoms with Crippen LogP contribution in [0.5, 0.6) is 11.5 Å². The van der Waals surface area contributed by atoms with Crippen molar-refractivity contribution in [3.05, 3.63) is 53.2 Å². The van der Waals surface area contributed by atoms with E-state index in [-0.39, 0.29) is 24.0 Å². The molecule has 1 fully saturated rings. The SMILES string of the molecule is Cc1ccc(CO)nc1N1CCN(C(=O)/C=C/c2ccc3c(c2)OC(F)(F)O3)CC1. The van der Waals surface area contributed by atoms with Crippen molar-refractivity contribution in [1.82, 2.24) is 9.88 Å². The first-order chi connectivity index (χ1) is 14.3. The van der Waals surface area contributed by atoms with Crippen LogP contribution in [0, 0.1) is 6.92 Å². The highest BCUT2D eigenvalue weighted by atomic mass is 19.3. The van der Waals surface area contributed by atoms with Crippen molar-refractivity contribution in [3.8, 4) is 11.5 Å². The van der Waals surface area contributed by atoms with Crippen LogP contribution >= 0.6 is 0 Å². The molecule has 2 aliphatic heterocycles. The van der Waals surface area contributed by atoms with Crippen molar-refractivity contribution in [2.75, 3.05) is 31.1 Å². The molecular formula is C21H21F2N3O4. The summed E-state index contributed by atoms with van der Waals surface area (Å²) >= 11 is 0. The van der Waals surface area contributed by atoms with Gasteiger partial charge in [-0.2, -0.15) is 0 Å². The van der Waals surface area contributed by atoms with Crippen molar-refractivity contribution in [1.29, 1.82) is 0 Å². The first kappa shape index (κ1) is 20.1. The summed E-state index contributed by atoms with van der Waals surface area (Å²) in [6.07, 6.45) is -0.684. The summed E-state index contributed by atoms with van der Waals surface area (Å²) < 4.78 is 35.0. The fourth-order valence-electron chi connectivity index (χ4n) is 3.45. The smallest absolute Gasteiger partial charge is 0.395 e. The van der Waals surface area contributed by atoms with E-state index in [1.807, 2.05) is 13.0 Å². The lowest BCUT2D eigenvalue weighted by molar-refractivity contribution is -0.286. The molecule has 1 aromatic carbocycles.